The molecule has 3 aliphatic rings. The van der Waals surface area contributed by atoms with Gasteiger partial charge in [0.1, 0.15) is 11.7 Å². The lowest BCUT2D eigenvalue weighted by Gasteiger charge is -2.38. The third-order valence-electron chi connectivity index (χ3n) is 7.71. The van der Waals surface area contributed by atoms with Crippen molar-refractivity contribution >= 4 is 28.7 Å². The van der Waals surface area contributed by atoms with Crippen LogP contribution in [0.25, 0.3) is 16.7 Å². The molecule has 11 heteroatoms. The van der Waals surface area contributed by atoms with Crippen molar-refractivity contribution in [1.82, 2.24) is 29.1 Å². The molecule has 2 aliphatic heterocycles. The fourth-order valence-corrected chi connectivity index (χ4v) is 5.27. The van der Waals surface area contributed by atoms with Crippen LogP contribution in [-0.4, -0.2) is 78.0 Å². The molecule has 6 rings (SSSR count). The molecule has 3 fully saturated rings. The molecule has 0 bridgehead atoms. The number of benzene rings is 1. The van der Waals surface area contributed by atoms with Gasteiger partial charge in [0.15, 0.2) is 5.65 Å². The van der Waals surface area contributed by atoms with Crippen molar-refractivity contribution in [2.45, 2.75) is 50.7 Å². The first kappa shape index (κ1) is 23.7. The number of urea groups is 1. The average Bonchev–Trinajstić information content (AvgIpc) is 3.42. The van der Waals surface area contributed by atoms with Crippen LogP contribution in [0.15, 0.2) is 41.6 Å². The summed E-state index contributed by atoms with van der Waals surface area (Å²) in [5.74, 6) is 0.360. The lowest BCUT2D eigenvalue weighted by molar-refractivity contribution is -0.137. The minimum atomic E-state index is -1.06. The molecule has 0 atom stereocenters. The minimum absolute atomic E-state index is 0.0983. The molecule has 1 saturated carbocycles. The van der Waals surface area contributed by atoms with Gasteiger partial charge >= 0.3 is 6.03 Å². The predicted octanol–water partition coefficient (Wildman–Crippen LogP) is 1.97. The molecule has 4 heterocycles. The van der Waals surface area contributed by atoms with Gasteiger partial charge in [0.2, 0.25) is 5.91 Å². The topological polar surface area (TPSA) is 126 Å². The number of piperidine rings is 1. The fourth-order valence-electron chi connectivity index (χ4n) is 5.27. The lowest BCUT2D eigenvalue weighted by atomic mass is 9.91. The van der Waals surface area contributed by atoms with E-state index in [1.807, 2.05) is 17.0 Å². The summed E-state index contributed by atoms with van der Waals surface area (Å²) >= 11 is 0. The SMILES string of the molecule is O=C(Nc1ccc(-n2ncc3c(=O)n(CC4(O)CCN(C(=O)C5CC5)CC4)cnc32)cc1)N1CCCC1. The summed E-state index contributed by atoms with van der Waals surface area (Å²) in [5, 5.41) is 18.8. The largest absolute Gasteiger partial charge is 0.388 e. The summed E-state index contributed by atoms with van der Waals surface area (Å²) in [5.41, 5.74) is 0.489. The molecule has 2 N–H and O–H groups in total. The maximum absolute atomic E-state index is 13.2. The van der Waals surface area contributed by atoms with Crippen LogP contribution in [0.2, 0.25) is 0 Å². The summed E-state index contributed by atoms with van der Waals surface area (Å²) in [7, 11) is 0. The van der Waals surface area contributed by atoms with Crippen LogP contribution in [0.1, 0.15) is 38.5 Å². The third kappa shape index (κ3) is 4.71. The van der Waals surface area contributed by atoms with E-state index in [1.54, 1.807) is 21.7 Å². The van der Waals surface area contributed by atoms with Crippen LogP contribution in [-0.2, 0) is 11.3 Å². The number of hydrogen-bond donors (Lipinski definition) is 2. The molecular formula is C26H31N7O4. The van der Waals surface area contributed by atoms with Gasteiger partial charge < -0.3 is 20.2 Å². The first-order valence-electron chi connectivity index (χ1n) is 13.0. The summed E-state index contributed by atoms with van der Waals surface area (Å²) in [4.78, 5) is 46.0. The summed E-state index contributed by atoms with van der Waals surface area (Å²) in [6, 6.07) is 7.14. The van der Waals surface area contributed by atoms with E-state index < -0.39 is 5.60 Å². The van der Waals surface area contributed by atoms with E-state index in [-0.39, 0.29) is 30.0 Å². The second kappa shape index (κ2) is 9.29. The molecule has 194 valence electrons. The monoisotopic (exact) mass is 505 g/mol. The van der Waals surface area contributed by atoms with Crippen molar-refractivity contribution in [2.75, 3.05) is 31.5 Å². The van der Waals surface area contributed by atoms with Gasteiger partial charge in [-0.25, -0.2) is 14.5 Å². The first-order chi connectivity index (χ1) is 17.9. The molecule has 2 saturated heterocycles. The van der Waals surface area contributed by atoms with Crippen LogP contribution >= 0.6 is 0 Å². The average molecular weight is 506 g/mol. The highest BCUT2D eigenvalue weighted by atomic mass is 16.3. The van der Waals surface area contributed by atoms with Gasteiger partial charge in [0, 0.05) is 37.8 Å². The Balaban J connectivity index is 1.15. The maximum Gasteiger partial charge on any atom is 0.321 e. The molecule has 1 aliphatic carbocycles. The van der Waals surface area contributed by atoms with Crippen LogP contribution in [0.3, 0.4) is 0 Å². The number of nitrogens with zero attached hydrogens (tertiary/aromatic N) is 6. The first-order valence-corrected chi connectivity index (χ1v) is 13.0. The van der Waals surface area contributed by atoms with Crippen molar-refractivity contribution < 1.29 is 14.7 Å². The number of hydrogen-bond acceptors (Lipinski definition) is 6. The van der Waals surface area contributed by atoms with Crippen molar-refractivity contribution in [1.29, 1.82) is 0 Å². The molecule has 2 aromatic heterocycles. The number of amides is 3. The van der Waals surface area contributed by atoms with Gasteiger partial charge in [-0.2, -0.15) is 5.10 Å². The van der Waals surface area contributed by atoms with Crippen LogP contribution < -0.4 is 10.9 Å². The second-order valence-corrected chi connectivity index (χ2v) is 10.5. The number of carbonyl (C=O) groups is 2. The Morgan fingerprint density at radius 2 is 1.73 bits per heavy atom. The fraction of sp³-hybridized carbons (Fsp3) is 0.500. The minimum Gasteiger partial charge on any atom is -0.388 e. The zero-order valence-corrected chi connectivity index (χ0v) is 20.7. The number of likely N-dealkylation sites (tertiary alicyclic amines) is 2. The molecule has 0 unspecified atom stereocenters. The normalized spacial score (nSPS) is 19.4. The Kier molecular flexibility index (Phi) is 5.94. The van der Waals surface area contributed by atoms with Crippen molar-refractivity contribution in [2.24, 2.45) is 5.92 Å². The number of carbonyl (C=O) groups excluding carboxylic acids is 2. The van der Waals surface area contributed by atoms with E-state index in [4.69, 9.17) is 0 Å². The van der Waals surface area contributed by atoms with Crippen molar-refractivity contribution in [3.63, 3.8) is 0 Å². The maximum atomic E-state index is 13.2. The molecule has 0 radical (unpaired) electrons. The van der Waals surface area contributed by atoms with Crippen LogP contribution in [0, 0.1) is 5.92 Å². The number of rotatable bonds is 5. The number of aliphatic hydroxyl groups is 1. The van der Waals surface area contributed by atoms with Gasteiger partial charge in [-0.3, -0.25) is 14.2 Å². The Bertz CT molecular complexity index is 1380. The third-order valence-corrected chi connectivity index (χ3v) is 7.71. The zero-order chi connectivity index (χ0) is 25.6. The van der Waals surface area contributed by atoms with Crippen molar-refractivity contribution in [3.05, 3.63) is 47.1 Å². The molecule has 11 nitrogen and oxygen atoms in total. The number of fused-ring (bicyclic) bond motifs is 1. The predicted molar refractivity (Wildman–Crippen MR) is 136 cm³/mol. The second-order valence-electron chi connectivity index (χ2n) is 10.5. The van der Waals surface area contributed by atoms with Gasteiger partial charge in [-0.05, 0) is 62.8 Å². The molecule has 0 spiro atoms. The van der Waals surface area contributed by atoms with E-state index in [0.29, 0.717) is 48.3 Å². The summed E-state index contributed by atoms with van der Waals surface area (Å²) in [6.45, 7) is 2.69. The highest BCUT2D eigenvalue weighted by molar-refractivity contribution is 5.89. The molecular weight excluding hydrogens is 474 g/mol. The molecule has 3 aromatic rings. The van der Waals surface area contributed by atoms with Gasteiger partial charge in [-0.15, -0.1) is 0 Å². The Morgan fingerprint density at radius 3 is 2.41 bits per heavy atom. The Hall–Kier alpha value is -3.73. The smallest absolute Gasteiger partial charge is 0.321 e. The number of nitrogens with one attached hydrogen (secondary N) is 1. The molecule has 37 heavy (non-hydrogen) atoms. The number of aromatic nitrogens is 4. The van der Waals surface area contributed by atoms with E-state index in [1.165, 1.54) is 17.1 Å². The Morgan fingerprint density at radius 1 is 1.03 bits per heavy atom. The number of anilines is 1. The van der Waals surface area contributed by atoms with Gasteiger partial charge in [-0.1, -0.05) is 0 Å². The molecule has 3 amide bonds. The lowest BCUT2D eigenvalue weighted by Crippen LogP contribution is -2.50. The van der Waals surface area contributed by atoms with Crippen molar-refractivity contribution in [3.8, 4) is 5.69 Å². The van der Waals surface area contributed by atoms with E-state index in [9.17, 15) is 19.5 Å². The standard InChI is InChI=1S/C26H31N7O4/c34-23(18-3-4-18)30-13-9-26(37,10-14-30)16-32-17-27-22-21(24(32)35)15-28-33(22)20-7-5-19(6-8-20)29-25(36)31-11-1-2-12-31/h5-8,15,17-18,37H,1-4,9-14,16H2,(H,29,36). The van der Waals surface area contributed by atoms with E-state index >= 15 is 0 Å². The highest BCUT2D eigenvalue weighted by Gasteiger charge is 2.39. The van der Waals surface area contributed by atoms with E-state index in [2.05, 4.69) is 15.4 Å². The quantitative estimate of drug-likeness (QED) is 0.546. The van der Waals surface area contributed by atoms with Gasteiger partial charge in [0.25, 0.3) is 5.56 Å². The Labute approximate surface area is 213 Å². The van der Waals surface area contributed by atoms with Gasteiger partial charge in [0.05, 0.1) is 24.0 Å². The highest BCUT2D eigenvalue weighted by Crippen LogP contribution is 2.33. The van der Waals surface area contributed by atoms with E-state index in [0.717, 1.165) is 38.8 Å². The summed E-state index contributed by atoms with van der Waals surface area (Å²) in [6.07, 6.45) is 7.80. The van der Waals surface area contributed by atoms with Crippen LogP contribution in [0.4, 0.5) is 10.5 Å². The van der Waals surface area contributed by atoms with Crippen LogP contribution in [0.5, 0.6) is 0 Å². The molecule has 1 aromatic carbocycles. The summed E-state index contributed by atoms with van der Waals surface area (Å²) < 4.78 is 3.02. The zero-order valence-electron chi connectivity index (χ0n) is 20.7.